The van der Waals surface area contributed by atoms with Gasteiger partial charge in [0.05, 0.1) is 17.3 Å². The second kappa shape index (κ2) is 5.86. The number of carbonyl (C=O) groups excluding carboxylic acids is 1. The molecular formula is C13H9N3O3S. The van der Waals surface area contributed by atoms with Gasteiger partial charge in [0, 0.05) is 5.69 Å². The van der Waals surface area contributed by atoms with Gasteiger partial charge in [0.2, 0.25) is 0 Å². The number of nitriles is 1. The molecule has 3 N–H and O–H groups in total. The molecule has 0 aliphatic carbocycles. The fraction of sp³-hybridized carbons (Fsp3) is 0. The highest BCUT2D eigenvalue weighted by Gasteiger charge is 2.13. The zero-order valence-corrected chi connectivity index (χ0v) is 10.9. The van der Waals surface area contributed by atoms with Gasteiger partial charge in [-0.1, -0.05) is 6.07 Å². The Labute approximate surface area is 118 Å². The van der Waals surface area contributed by atoms with Gasteiger partial charge in [-0.2, -0.15) is 5.26 Å². The van der Waals surface area contributed by atoms with Crippen molar-refractivity contribution < 1.29 is 14.7 Å². The maximum atomic E-state index is 11.8. The van der Waals surface area contributed by atoms with Crippen molar-refractivity contribution in [3.63, 3.8) is 0 Å². The Balaban J connectivity index is 2.07. The Morgan fingerprint density at radius 3 is 2.75 bits per heavy atom. The molecule has 0 saturated heterocycles. The molecule has 2 aromatic rings. The Bertz CT molecular complexity index is 703. The standard InChI is InChI=1S/C13H9N3O3S/c14-7-8-2-1-3-9(6-8)15-13(19)16-10-4-5-20-11(10)12(17)18/h1-6H,(H,17,18)(H2,15,16,19). The summed E-state index contributed by atoms with van der Waals surface area (Å²) in [5.74, 6) is -1.10. The molecule has 2 rings (SSSR count). The van der Waals surface area contributed by atoms with Crippen LogP contribution in [-0.4, -0.2) is 17.1 Å². The van der Waals surface area contributed by atoms with Crippen LogP contribution in [0.4, 0.5) is 16.2 Å². The van der Waals surface area contributed by atoms with E-state index in [1.807, 2.05) is 6.07 Å². The topological polar surface area (TPSA) is 102 Å². The predicted octanol–water partition coefficient (Wildman–Crippen LogP) is 2.96. The minimum absolute atomic E-state index is 0.0610. The van der Waals surface area contributed by atoms with Gasteiger partial charge in [-0.3, -0.25) is 0 Å². The quantitative estimate of drug-likeness (QED) is 0.807. The Morgan fingerprint density at radius 1 is 1.25 bits per heavy atom. The SMILES string of the molecule is N#Cc1cccc(NC(=O)Nc2ccsc2C(=O)O)c1. The number of nitrogens with one attached hydrogen (secondary N) is 2. The second-order valence-corrected chi connectivity index (χ2v) is 4.66. The monoisotopic (exact) mass is 287 g/mol. The molecule has 0 spiro atoms. The number of amides is 2. The van der Waals surface area contributed by atoms with Crippen molar-refractivity contribution >= 4 is 34.7 Å². The van der Waals surface area contributed by atoms with E-state index < -0.39 is 12.0 Å². The normalized spacial score (nSPS) is 9.55. The maximum absolute atomic E-state index is 11.8. The van der Waals surface area contributed by atoms with E-state index in [9.17, 15) is 9.59 Å². The van der Waals surface area contributed by atoms with Crippen LogP contribution in [0.15, 0.2) is 35.7 Å². The number of urea groups is 1. The molecule has 2 amide bonds. The summed E-state index contributed by atoms with van der Waals surface area (Å²) < 4.78 is 0. The first-order chi connectivity index (χ1) is 9.60. The summed E-state index contributed by atoms with van der Waals surface area (Å²) in [7, 11) is 0. The van der Waals surface area contributed by atoms with Crippen molar-refractivity contribution in [2.45, 2.75) is 0 Å². The van der Waals surface area contributed by atoms with Crippen LogP contribution >= 0.6 is 11.3 Å². The molecule has 0 aliphatic rings. The minimum atomic E-state index is -1.10. The lowest BCUT2D eigenvalue weighted by Crippen LogP contribution is -2.20. The lowest BCUT2D eigenvalue weighted by molar-refractivity contribution is 0.0703. The van der Waals surface area contributed by atoms with Crippen molar-refractivity contribution in [1.29, 1.82) is 5.26 Å². The zero-order valence-electron chi connectivity index (χ0n) is 10.1. The van der Waals surface area contributed by atoms with E-state index in [0.717, 1.165) is 11.3 Å². The number of rotatable bonds is 3. The van der Waals surface area contributed by atoms with E-state index in [2.05, 4.69) is 10.6 Å². The molecule has 20 heavy (non-hydrogen) atoms. The lowest BCUT2D eigenvalue weighted by Gasteiger charge is -2.07. The largest absolute Gasteiger partial charge is 0.477 e. The van der Waals surface area contributed by atoms with Gasteiger partial charge in [0.1, 0.15) is 4.88 Å². The lowest BCUT2D eigenvalue weighted by atomic mass is 10.2. The first kappa shape index (κ1) is 13.6. The third-order valence-corrected chi connectivity index (χ3v) is 3.26. The molecule has 1 aromatic carbocycles. The van der Waals surface area contributed by atoms with Crippen LogP contribution in [0.5, 0.6) is 0 Å². The van der Waals surface area contributed by atoms with Crippen LogP contribution in [0, 0.1) is 11.3 Å². The maximum Gasteiger partial charge on any atom is 0.348 e. The van der Waals surface area contributed by atoms with E-state index in [1.54, 1.807) is 23.6 Å². The van der Waals surface area contributed by atoms with Gasteiger partial charge in [-0.05, 0) is 29.6 Å². The zero-order chi connectivity index (χ0) is 14.5. The van der Waals surface area contributed by atoms with Gasteiger partial charge in [-0.25, -0.2) is 9.59 Å². The molecule has 0 saturated carbocycles. The van der Waals surface area contributed by atoms with Gasteiger partial charge in [-0.15, -0.1) is 11.3 Å². The number of anilines is 2. The predicted molar refractivity (Wildman–Crippen MR) is 75.1 cm³/mol. The van der Waals surface area contributed by atoms with Gasteiger partial charge in [0.25, 0.3) is 0 Å². The molecule has 0 aliphatic heterocycles. The van der Waals surface area contributed by atoms with E-state index in [0.29, 0.717) is 11.3 Å². The minimum Gasteiger partial charge on any atom is -0.477 e. The summed E-state index contributed by atoms with van der Waals surface area (Å²) in [6, 6.07) is 9.31. The number of aromatic carboxylic acids is 1. The molecule has 0 unspecified atom stereocenters. The molecule has 100 valence electrons. The molecule has 0 bridgehead atoms. The van der Waals surface area contributed by atoms with Gasteiger partial charge < -0.3 is 15.7 Å². The van der Waals surface area contributed by atoms with Crippen LogP contribution in [-0.2, 0) is 0 Å². The highest BCUT2D eigenvalue weighted by Crippen LogP contribution is 2.22. The van der Waals surface area contributed by atoms with Crippen LogP contribution < -0.4 is 10.6 Å². The molecule has 1 heterocycles. The summed E-state index contributed by atoms with van der Waals surface area (Å²) in [6.45, 7) is 0. The summed E-state index contributed by atoms with van der Waals surface area (Å²) in [4.78, 5) is 22.7. The third kappa shape index (κ3) is 3.13. The van der Waals surface area contributed by atoms with Crippen molar-refractivity contribution in [3.8, 4) is 6.07 Å². The molecule has 1 aromatic heterocycles. The molecule has 0 atom stereocenters. The van der Waals surface area contributed by atoms with Crippen molar-refractivity contribution in [2.75, 3.05) is 10.6 Å². The number of hydrogen-bond acceptors (Lipinski definition) is 4. The highest BCUT2D eigenvalue weighted by molar-refractivity contribution is 7.12. The van der Waals surface area contributed by atoms with Crippen molar-refractivity contribution in [3.05, 3.63) is 46.2 Å². The Morgan fingerprint density at radius 2 is 2.05 bits per heavy atom. The Kier molecular flexibility index (Phi) is 3.98. The smallest absolute Gasteiger partial charge is 0.348 e. The summed E-state index contributed by atoms with van der Waals surface area (Å²) in [5.41, 5.74) is 1.11. The summed E-state index contributed by atoms with van der Waals surface area (Å²) in [6.07, 6.45) is 0. The van der Waals surface area contributed by atoms with Gasteiger partial charge in [0.15, 0.2) is 0 Å². The number of thiophene rings is 1. The van der Waals surface area contributed by atoms with E-state index >= 15 is 0 Å². The van der Waals surface area contributed by atoms with Crippen molar-refractivity contribution in [1.82, 2.24) is 0 Å². The van der Waals surface area contributed by atoms with E-state index in [4.69, 9.17) is 10.4 Å². The molecule has 6 nitrogen and oxygen atoms in total. The number of carbonyl (C=O) groups is 2. The molecule has 0 radical (unpaired) electrons. The van der Waals surface area contributed by atoms with Crippen molar-refractivity contribution in [2.24, 2.45) is 0 Å². The summed E-state index contributed by atoms with van der Waals surface area (Å²) >= 11 is 1.03. The first-order valence-electron chi connectivity index (χ1n) is 5.49. The average molecular weight is 287 g/mol. The first-order valence-corrected chi connectivity index (χ1v) is 6.37. The fourth-order valence-electron chi connectivity index (χ4n) is 1.52. The van der Waals surface area contributed by atoms with E-state index in [-0.39, 0.29) is 10.6 Å². The fourth-order valence-corrected chi connectivity index (χ4v) is 2.21. The number of carboxylic acids is 1. The van der Waals surface area contributed by atoms with Crippen LogP contribution in [0.25, 0.3) is 0 Å². The second-order valence-electron chi connectivity index (χ2n) is 3.74. The van der Waals surface area contributed by atoms with Crippen LogP contribution in [0.1, 0.15) is 15.2 Å². The number of benzene rings is 1. The number of nitrogens with zero attached hydrogens (tertiary/aromatic N) is 1. The molecular weight excluding hydrogens is 278 g/mol. The molecule has 0 fully saturated rings. The number of hydrogen-bond donors (Lipinski definition) is 3. The molecule has 7 heteroatoms. The van der Waals surface area contributed by atoms with Gasteiger partial charge >= 0.3 is 12.0 Å². The summed E-state index contributed by atoms with van der Waals surface area (Å²) in [5, 5.41) is 24.3. The average Bonchev–Trinajstić information content (AvgIpc) is 2.87. The third-order valence-electron chi connectivity index (χ3n) is 2.36. The van der Waals surface area contributed by atoms with Crippen LogP contribution in [0.3, 0.4) is 0 Å². The Hall–Kier alpha value is -2.85. The van der Waals surface area contributed by atoms with E-state index in [1.165, 1.54) is 12.1 Å². The van der Waals surface area contributed by atoms with Crippen LogP contribution in [0.2, 0.25) is 0 Å². The number of carboxylic acid groups (broad SMARTS) is 1. The highest BCUT2D eigenvalue weighted by atomic mass is 32.1.